The molecule has 2 N–H and O–H groups in total. The molecule has 98 valence electrons. The van der Waals surface area contributed by atoms with Crippen LogP contribution in [0.3, 0.4) is 0 Å². The van der Waals surface area contributed by atoms with Crippen molar-refractivity contribution in [3.63, 3.8) is 0 Å². The van der Waals surface area contributed by atoms with Crippen molar-refractivity contribution in [2.45, 2.75) is 12.5 Å². The van der Waals surface area contributed by atoms with E-state index in [1.54, 1.807) is 0 Å². The van der Waals surface area contributed by atoms with Gasteiger partial charge in [0.1, 0.15) is 6.04 Å². The van der Waals surface area contributed by atoms with E-state index in [9.17, 15) is 14.0 Å². The lowest BCUT2D eigenvalue weighted by atomic mass is 10.2. The zero-order valence-electron chi connectivity index (χ0n) is 9.72. The van der Waals surface area contributed by atoms with Crippen LogP contribution in [0.15, 0.2) is 18.3 Å². The highest BCUT2D eigenvalue weighted by molar-refractivity contribution is 7.98. The van der Waals surface area contributed by atoms with Crippen LogP contribution in [0.25, 0.3) is 0 Å². The molecule has 0 saturated carbocycles. The maximum Gasteiger partial charge on any atom is 0.326 e. The summed E-state index contributed by atoms with van der Waals surface area (Å²) in [5.41, 5.74) is -0.257. The van der Waals surface area contributed by atoms with Crippen molar-refractivity contribution in [1.82, 2.24) is 10.3 Å². The van der Waals surface area contributed by atoms with E-state index >= 15 is 0 Å². The Balaban J connectivity index is 2.72. The van der Waals surface area contributed by atoms with Crippen molar-refractivity contribution in [3.05, 3.63) is 29.8 Å². The fourth-order valence-corrected chi connectivity index (χ4v) is 1.76. The largest absolute Gasteiger partial charge is 0.480 e. The minimum atomic E-state index is -1.14. The number of pyridine rings is 1. The number of aromatic nitrogens is 1. The van der Waals surface area contributed by atoms with Gasteiger partial charge in [-0.05, 0) is 30.6 Å². The number of nitrogens with one attached hydrogen (secondary N) is 1. The molecule has 1 amide bonds. The second-order valence-electron chi connectivity index (χ2n) is 3.49. The molecule has 1 aromatic rings. The van der Waals surface area contributed by atoms with Gasteiger partial charge in [0.25, 0.3) is 5.91 Å². The molecule has 0 aromatic carbocycles. The molecule has 0 fully saturated rings. The van der Waals surface area contributed by atoms with Gasteiger partial charge in [-0.25, -0.2) is 9.78 Å². The molecule has 0 radical (unpaired) electrons. The molecule has 0 aliphatic heterocycles. The molecule has 5 nitrogen and oxygen atoms in total. The van der Waals surface area contributed by atoms with E-state index < -0.39 is 23.9 Å². The Morgan fingerprint density at radius 3 is 2.89 bits per heavy atom. The Labute approximate surface area is 108 Å². The van der Waals surface area contributed by atoms with E-state index in [1.165, 1.54) is 30.1 Å². The Kier molecular flexibility index (Phi) is 5.57. The fourth-order valence-electron chi connectivity index (χ4n) is 1.28. The number of nitrogens with zero attached hydrogens (tertiary/aromatic N) is 1. The lowest BCUT2D eigenvalue weighted by molar-refractivity contribution is -0.139. The first-order valence-corrected chi connectivity index (χ1v) is 6.58. The molecule has 1 heterocycles. The third-order valence-corrected chi connectivity index (χ3v) is 2.86. The number of rotatable bonds is 6. The van der Waals surface area contributed by atoms with E-state index in [0.29, 0.717) is 5.75 Å². The summed E-state index contributed by atoms with van der Waals surface area (Å²) in [4.78, 5) is 25.9. The van der Waals surface area contributed by atoms with Crippen LogP contribution < -0.4 is 5.32 Å². The van der Waals surface area contributed by atoms with Gasteiger partial charge in [0.2, 0.25) is 5.95 Å². The Morgan fingerprint density at radius 1 is 1.61 bits per heavy atom. The first kappa shape index (κ1) is 14.4. The third-order valence-electron chi connectivity index (χ3n) is 2.22. The predicted molar refractivity (Wildman–Crippen MR) is 66.1 cm³/mol. The van der Waals surface area contributed by atoms with Crippen molar-refractivity contribution in [2.24, 2.45) is 0 Å². The van der Waals surface area contributed by atoms with Crippen LogP contribution in [0.5, 0.6) is 0 Å². The van der Waals surface area contributed by atoms with Gasteiger partial charge in [-0.3, -0.25) is 4.79 Å². The first-order valence-electron chi connectivity index (χ1n) is 5.19. The number of carbonyl (C=O) groups is 2. The second-order valence-corrected chi connectivity index (χ2v) is 4.47. The normalized spacial score (nSPS) is 11.9. The van der Waals surface area contributed by atoms with Crippen LogP contribution in [0.4, 0.5) is 4.39 Å². The molecule has 0 bridgehead atoms. The summed E-state index contributed by atoms with van der Waals surface area (Å²) in [6.45, 7) is 0. The number of halogens is 1. The minimum Gasteiger partial charge on any atom is -0.480 e. The highest BCUT2D eigenvalue weighted by atomic mass is 32.2. The molecular weight excluding hydrogens is 259 g/mol. The Hall–Kier alpha value is -1.63. The zero-order valence-corrected chi connectivity index (χ0v) is 10.5. The summed E-state index contributed by atoms with van der Waals surface area (Å²) >= 11 is 1.47. The van der Waals surface area contributed by atoms with Crippen molar-refractivity contribution in [2.75, 3.05) is 12.0 Å². The molecule has 1 atom stereocenters. The summed E-state index contributed by atoms with van der Waals surface area (Å²) < 4.78 is 13.2. The fraction of sp³-hybridized carbons (Fsp3) is 0.364. The standard InChI is InChI=1S/C11H13FN2O3S/c1-18-6-4-8(11(16)17)14-10(15)7-3-2-5-13-9(7)12/h2-3,5,8H,4,6H2,1H3,(H,14,15)(H,16,17). The summed E-state index contributed by atoms with van der Waals surface area (Å²) in [7, 11) is 0. The second kappa shape index (κ2) is 6.95. The molecule has 18 heavy (non-hydrogen) atoms. The Morgan fingerprint density at radius 2 is 2.33 bits per heavy atom. The lowest BCUT2D eigenvalue weighted by Crippen LogP contribution is -2.41. The van der Waals surface area contributed by atoms with Crippen LogP contribution in [0, 0.1) is 5.95 Å². The number of hydrogen-bond acceptors (Lipinski definition) is 4. The lowest BCUT2D eigenvalue weighted by Gasteiger charge is -2.13. The van der Waals surface area contributed by atoms with E-state index in [-0.39, 0.29) is 12.0 Å². The van der Waals surface area contributed by atoms with Crippen molar-refractivity contribution in [1.29, 1.82) is 0 Å². The van der Waals surface area contributed by atoms with Gasteiger partial charge < -0.3 is 10.4 Å². The highest BCUT2D eigenvalue weighted by Crippen LogP contribution is 2.06. The van der Waals surface area contributed by atoms with Crippen LogP contribution in [0.2, 0.25) is 0 Å². The quantitative estimate of drug-likeness (QED) is 0.760. The third kappa shape index (κ3) is 3.99. The van der Waals surface area contributed by atoms with Crippen LogP contribution in [-0.4, -0.2) is 40.0 Å². The molecule has 0 aliphatic rings. The monoisotopic (exact) mass is 272 g/mol. The average molecular weight is 272 g/mol. The summed E-state index contributed by atoms with van der Waals surface area (Å²) in [5.74, 6) is -2.23. The van der Waals surface area contributed by atoms with Crippen molar-refractivity contribution >= 4 is 23.6 Å². The topological polar surface area (TPSA) is 79.3 Å². The Bertz CT molecular complexity index is 442. The number of aliphatic carboxylic acids is 1. The molecule has 0 saturated heterocycles. The first-order chi connectivity index (χ1) is 8.56. The predicted octanol–water partition coefficient (Wildman–Crippen LogP) is 1.16. The molecular formula is C11H13FN2O3S. The molecule has 7 heteroatoms. The molecule has 0 spiro atoms. The number of carboxylic acids is 1. The van der Waals surface area contributed by atoms with E-state index in [1.807, 2.05) is 6.26 Å². The van der Waals surface area contributed by atoms with Gasteiger partial charge in [-0.1, -0.05) is 0 Å². The van der Waals surface area contributed by atoms with Crippen molar-refractivity contribution in [3.8, 4) is 0 Å². The number of carbonyl (C=O) groups excluding carboxylic acids is 1. The summed E-state index contributed by atoms with van der Waals surface area (Å²) in [6, 6.07) is 1.64. The van der Waals surface area contributed by atoms with E-state index in [0.717, 1.165) is 0 Å². The smallest absolute Gasteiger partial charge is 0.326 e. The number of amides is 1. The average Bonchev–Trinajstić information content (AvgIpc) is 2.34. The van der Waals surface area contributed by atoms with Gasteiger partial charge in [0.15, 0.2) is 0 Å². The summed E-state index contributed by atoms with van der Waals surface area (Å²) in [6.07, 6.45) is 3.33. The maximum absolute atomic E-state index is 13.2. The van der Waals surface area contributed by atoms with Gasteiger partial charge in [-0.15, -0.1) is 0 Å². The molecule has 1 aromatic heterocycles. The SMILES string of the molecule is CSCCC(NC(=O)c1cccnc1F)C(=O)O. The van der Waals surface area contributed by atoms with Crippen LogP contribution in [-0.2, 0) is 4.79 Å². The van der Waals surface area contributed by atoms with Gasteiger partial charge >= 0.3 is 5.97 Å². The van der Waals surface area contributed by atoms with Gasteiger partial charge in [0, 0.05) is 6.20 Å². The van der Waals surface area contributed by atoms with E-state index in [2.05, 4.69) is 10.3 Å². The summed E-state index contributed by atoms with van der Waals surface area (Å²) in [5, 5.41) is 11.2. The number of carboxylic acid groups (broad SMARTS) is 1. The van der Waals surface area contributed by atoms with Crippen molar-refractivity contribution < 1.29 is 19.1 Å². The maximum atomic E-state index is 13.2. The van der Waals surface area contributed by atoms with Gasteiger partial charge in [0.05, 0.1) is 5.56 Å². The molecule has 0 aliphatic carbocycles. The zero-order chi connectivity index (χ0) is 13.5. The molecule has 1 unspecified atom stereocenters. The number of thioether (sulfide) groups is 1. The highest BCUT2D eigenvalue weighted by Gasteiger charge is 2.21. The minimum absolute atomic E-state index is 0.257. The van der Waals surface area contributed by atoms with E-state index in [4.69, 9.17) is 5.11 Å². The van der Waals surface area contributed by atoms with Crippen LogP contribution >= 0.6 is 11.8 Å². The van der Waals surface area contributed by atoms with Gasteiger partial charge in [-0.2, -0.15) is 16.2 Å². The van der Waals surface area contributed by atoms with Crippen LogP contribution in [0.1, 0.15) is 16.8 Å². The number of hydrogen-bond donors (Lipinski definition) is 2. The molecule has 1 rings (SSSR count).